The highest BCUT2D eigenvalue weighted by atomic mass is 16.5. The van der Waals surface area contributed by atoms with Gasteiger partial charge in [-0.25, -0.2) is 9.59 Å². The zero-order chi connectivity index (χ0) is 30.1. The molecule has 4 heteroatoms. The molecule has 0 unspecified atom stereocenters. The van der Waals surface area contributed by atoms with Crippen molar-refractivity contribution in [2.24, 2.45) is 0 Å². The molecule has 0 radical (unpaired) electrons. The molecule has 0 bridgehead atoms. The second kappa shape index (κ2) is 33.6. The lowest BCUT2D eigenvalue weighted by Crippen LogP contribution is -2.05. The number of ether oxygens (including phenoxy) is 1. The van der Waals surface area contributed by atoms with Crippen LogP contribution in [-0.4, -0.2) is 23.7 Å². The van der Waals surface area contributed by atoms with Crippen molar-refractivity contribution in [1.29, 1.82) is 0 Å². The Morgan fingerprint density at radius 2 is 0.900 bits per heavy atom. The number of carboxylic acids is 1. The molecular formula is C36H68O4. The number of carboxylic acid groups (broad SMARTS) is 1. The van der Waals surface area contributed by atoms with E-state index in [2.05, 4.69) is 20.4 Å². The fraction of sp³-hybridized carbons (Fsp3) is 0.833. The minimum Gasteiger partial charge on any atom is -0.478 e. The maximum atomic E-state index is 11.1. The van der Waals surface area contributed by atoms with Gasteiger partial charge in [0.2, 0.25) is 0 Å². The van der Waals surface area contributed by atoms with Crippen LogP contribution in [0.5, 0.6) is 0 Å². The molecule has 0 spiro atoms. The molecule has 0 saturated heterocycles. The molecule has 0 saturated carbocycles. The molecule has 0 aromatic rings. The third kappa shape index (κ3) is 34.4. The van der Waals surface area contributed by atoms with Gasteiger partial charge in [0.25, 0.3) is 0 Å². The van der Waals surface area contributed by atoms with Gasteiger partial charge in [-0.05, 0) is 33.1 Å². The van der Waals surface area contributed by atoms with Crippen molar-refractivity contribution >= 4 is 11.9 Å². The Kier molecular flexibility index (Phi) is 34.1. The monoisotopic (exact) mass is 565 g/mol. The number of unbranched alkanes of at least 4 members (excludes halogenated alkanes) is 23. The van der Waals surface area contributed by atoms with Crippen molar-refractivity contribution < 1.29 is 19.4 Å². The number of hydrogen-bond donors (Lipinski definition) is 1. The summed E-state index contributed by atoms with van der Waals surface area (Å²) in [5, 5.41) is 8.70. The van der Waals surface area contributed by atoms with E-state index in [4.69, 9.17) is 9.84 Å². The molecule has 0 atom stereocenters. The van der Waals surface area contributed by atoms with E-state index in [0.717, 1.165) is 19.3 Å². The molecule has 0 aromatic carbocycles. The van der Waals surface area contributed by atoms with Crippen LogP contribution in [0.25, 0.3) is 0 Å². The largest absolute Gasteiger partial charge is 0.478 e. The third-order valence-electron chi connectivity index (χ3n) is 7.43. The van der Waals surface area contributed by atoms with Gasteiger partial charge in [0.1, 0.15) is 0 Å². The minimum atomic E-state index is -0.788. The van der Waals surface area contributed by atoms with Crippen LogP contribution in [0.1, 0.15) is 188 Å². The standard InChI is InChI=1S/2C18H34O2/c1-4-5-6-7-8-9-10-11-12-13-14-15-16-20-18(19)17(2)3;1-3-4-5-6-7-8-9-10-11-12-13-14-15-16-17(2)18(19)20/h2,4-16H2,1,3H3;16H,3-15H2,1-2H3,(H,19,20). The van der Waals surface area contributed by atoms with E-state index in [0.29, 0.717) is 17.8 Å². The lowest BCUT2D eigenvalue weighted by Gasteiger charge is -2.04. The lowest BCUT2D eigenvalue weighted by molar-refractivity contribution is -0.139. The third-order valence-corrected chi connectivity index (χ3v) is 7.43. The zero-order valence-corrected chi connectivity index (χ0v) is 27.3. The second-order valence-corrected chi connectivity index (χ2v) is 11.7. The van der Waals surface area contributed by atoms with Crippen LogP contribution < -0.4 is 0 Å². The zero-order valence-electron chi connectivity index (χ0n) is 27.3. The average Bonchev–Trinajstić information content (AvgIpc) is 2.93. The maximum absolute atomic E-state index is 11.1. The summed E-state index contributed by atoms with van der Waals surface area (Å²) in [5.41, 5.74) is 0.969. The van der Waals surface area contributed by atoms with E-state index >= 15 is 0 Å². The summed E-state index contributed by atoms with van der Waals surface area (Å²) in [6, 6.07) is 0. The first kappa shape index (κ1) is 40.6. The first-order chi connectivity index (χ1) is 19.4. The molecule has 0 aliphatic rings. The van der Waals surface area contributed by atoms with Crippen LogP contribution in [0.15, 0.2) is 23.8 Å². The predicted octanol–water partition coefficient (Wildman–Crippen LogP) is 11.9. The highest BCUT2D eigenvalue weighted by Gasteiger charge is 2.02. The fourth-order valence-corrected chi connectivity index (χ4v) is 4.62. The summed E-state index contributed by atoms with van der Waals surface area (Å²) in [7, 11) is 0. The normalized spacial score (nSPS) is 11.2. The summed E-state index contributed by atoms with van der Waals surface area (Å²) in [5.74, 6) is -1.04. The van der Waals surface area contributed by atoms with Gasteiger partial charge in [-0.2, -0.15) is 0 Å². The number of carbonyl (C=O) groups is 2. The van der Waals surface area contributed by atoms with E-state index in [1.807, 2.05) is 6.08 Å². The van der Waals surface area contributed by atoms with Crippen LogP contribution in [0.3, 0.4) is 0 Å². The molecule has 0 rings (SSSR count). The van der Waals surface area contributed by atoms with Crippen LogP contribution in [-0.2, 0) is 14.3 Å². The maximum Gasteiger partial charge on any atom is 0.333 e. The summed E-state index contributed by atoms with van der Waals surface area (Å²) < 4.78 is 5.06. The quantitative estimate of drug-likeness (QED) is 0.0583. The number of esters is 1. The highest BCUT2D eigenvalue weighted by molar-refractivity contribution is 5.86. The molecule has 0 aromatic heterocycles. The Morgan fingerprint density at radius 3 is 1.23 bits per heavy atom. The van der Waals surface area contributed by atoms with Gasteiger partial charge in [-0.15, -0.1) is 0 Å². The number of allylic oxidation sites excluding steroid dienone is 1. The summed E-state index contributed by atoms with van der Waals surface area (Å²) in [6.45, 7) is 12.0. The Morgan fingerprint density at radius 1 is 0.575 bits per heavy atom. The molecule has 0 heterocycles. The van der Waals surface area contributed by atoms with Crippen LogP contribution >= 0.6 is 0 Å². The first-order valence-corrected chi connectivity index (χ1v) is 17.1. The van der Waals surface area contributed by atoms with Crippen molar-refractivity contribution in [3.63, 3.8) is 0 Å². The first-order valence-electron chi connectivity index (χ1n) is 17.1. The van der Waals surface area contributed by atoms with Gasteiger partial charge < -0.3 is 9.84 Å². The minimum absolute atomic E-state index is 0.256. The van der Waals surface area contributed by atoms with Crippen LogP contribution in [0.2, 0.25) is 0 Å². The molecule has 0 aliphatic carbocycles. The Hall–Kier alpha value is -1.58. The SMILES string of the molecule is C=C(C)C(=O)OCCCCCCCCCCCCCC.CCCCCCCCCCCCCCC=C(C)C(=O)O. The van der Waals surface area contributed by atoms with E-state index in [9.17, 15) is 9.59 Å². The Labute approximate surface area is 249 Å². The molecular weight excluding hydrogens is 496 g/mol. The summed E-state index contributed by atoms with van der Waals surface area (Å²) in [4.78, 5) is 21.7. The molecule has 0 fully saturated rings. The smallest absolute Gasteiger partial charge is 0.333 e. The molecule has 1 N–H and O–H groups in total. The Bertz CT molecular complexity index is 608. The molecule has 40 heavy (non-hydrogen) atoms. The second-order valence-electron chi connectivity index (χ2n) is 11.7. The average molecular weight is 565 g/mol. The topological polar surface area (TPSA) is 63.6 Å². The molecule has 0 amide bonds. The summed E-state index contributed by atoms with van der Waals surface area (Å²) >= 11 is 0. The van der Waals surface area contributed by atoms with Crippen molar-refractivity contribution in [3.8, 4) is 0 Å². The number of aliphatic carboxylic acids is 1. The van der Waals surface area contributed by atoms with Crippen LogP contribution in [0, 0.1) is 0 Å². The molecule has 4 nitrogen and oxygen atoms in total. The van der Waals surface area contributed by atoms with Gasteiger partial charge in [-0.3, -0.25) is 0 Å². The predicted molar refractivity (Wildman–Crippen MR) is 174 cm³/mol. The van der Waals surface area contributed by atoms with Crippen LogP contribution in [0.4, 0.5) is 0 Å². The van der Waals surface area contributed by atoms with Gasteiger partial charge in [0.15, 0.2) is 0 Å². The lowest BCUT2D eigenvalue weighted by atomic mass is 10.0. The van der Waals surface area contributed by atoms with Crippen molar-refractivity contribution in [1.82, 2.24) is 0 Å². The van der Waals surface area contributed by atoms with E-state index in [1.54, 1.807) is 13.8 Å². The van der Waals surface area contributed by atoms with Crippen molar-refractivity contribution in [2.75, 3.05) is 6.61 Å². The van der Waals surface area contributed by atoms with E-state index in [1.165, 1.54) is 141 Å². The van der Waals surface area contributed by atoms with Gasteiger partial charge >= 0.3 is 11.9 Å². The number of rotatable bonds is 28. The van der Waals surface area contributed by atoms with Gasteiger partial charge in [0.05, 0.1) is 6.61 Å². The van der Waals surface area contributed by atoms with Gasteiger partial charge in [-0.1, -0.05) is 168 Å². The number of hydrogen-bond acceptors (Lipinski definition) is 3. The fourth-order valence-electron chi connectivity index (χ4n) is 4.62. The van der Waals surface area contributed by atoms with Crippen molar-refractivity contribution in [2.45, 2.75) is 188 Å². The number of carbonyl (C=O) groups excluding carboxylic acids is 1. The highest BCUT2D eigenvalue weighted by Crippen LogP contribution is 2.14. The molecule has 236 valence electrons. The Balaban J connectivity index is 0. The van der Waals surface area contributed by atoms with Gasteiger partial charge in [0, 0.05) is 11.1 Å². The summed E-state index contributed by atoms with van der Waals surface area (Å²) in [6.07, 6.45) is 34.8. The van der Waals surface area contributed by atoms with E-state index < -0.39 is 5.97 Å². The molecule has 0 aliphatic heterocycles. The van der Waals surface area contributed by atoms with E-state index in [-0.39, 0.29) is 5.97 Å². The van der Waals surface area contributed by atoms with Crippen molar-refractivity contribution in [3.05, 3.63) is 23.8 Å².